The molecule has 80 valence electrons. The summed E-state index contributed by atoms with van der Waals surface area (Å²) >= 11 is 0. The van der Waals surface area contributed by atoms with Gasteiger partial charge in [0.1, 0.15) is 17.8 Å². The lowest BCUT2D eigenvalue weighted by Crippen LogP contribution is -2.31. The summed E-state index contributed by atoms with van der Waals surface area (Å²) in [4.78, 5) is 21.2. The maximum atomic E-state index is 10.8. The van der Waals surface area contributed by atoms with Crippen LogP contribution in [0.5, 0.6) is 0 Å². The monoisotopic (exact) mass is 205 g/mol. The van der Waals surface area contributed by atoms with Crippen LogP contribution in [-0.4, -0.2) is 29.3 Å². The Morgan fingerprint density at radius 1 is 1.27 bits per heavy atom. The zero-order valence-corrected chi connectivity index (χ0v) is 8.94. The Labute approximate surface area is 89.3 Å². The van der Waals surface area contributed by atoms with Gasteiger partial charge < -0.3 is 4.90 Å². The fourth-order valence-corrected chi connectivity index (χ4v) is 2.00. The molecule has 4 heteroatoms. The second kappa shape index (κ2) is 4.38. The van der Waals surface area contributed by atoms with Gasteiger partial charge in [-0.15, -0.1) is 0 Å². The third kappa shape index (κ3) is 1.98. The van der Waals surface area contributed by atoms with Gasteiger partial charge in [-0.2, -0.15) is 0 Å². The number of hydrogen-bond donors (Lipinski definition) is 0. The molecular weight excluding hydrogens is 190 g/mol. The van der Waals surface area contributed by atoms with Gasteiger partial charge >= 0.3 is 0 Å². The van der Waals surface area contributed by atoms with Crippen LogP contribution in [0, 0.1) is 6.92 Å². The van der Waals surface area contributed by atoms with Crippen LogP contribution in [0.4, 0.5) is 5.82 Å². The molecule has 1 aromatic heterocycles. The van der Waals surface area contributed by atoms with Gasteiger partial charge in [-0.05, 0) is 26.2 Å². The molecule has 1 aromatic rings. The first-order valence-electron chi connectivity index (χ1n) is 5.34. The summed E-state index contributed by atoms with van der Waals surface area (Å²) in [5, 5.41) is 0. The summed E-state index contributed by atoms with van der Waals surface area (Å²) in [5.41, 5.74) is 1.40. The summed E-state index contributed by atoms with van der Waals surface area (Å²) in [5.74, 6) is 0.923. The van der Waals surface area contributed by atoms with Crippen molar-refractivity contribution in [2.45, 2.75) is 26.2 Å². The van der Waals surface area contributed by atoms with Crippen LogP contribution in [0.15, 0.2) is 6.33 Å². The van der Waals surface area contributed by atoms with E-state index in [0.29, 0.717) is 5.69 Å². The molecule has 0 unspecified atom stereocenters. The van der Waals surface area contributed by atoms with Crippen molar-refractivity contribution >= 4 is 12.1 Å². The van der Waals surface area contributed by atoms with E-state index in [2.05, 4.69) is 14.9 Å². The van der Waals surface area contributed by atoms with Gasteiger partial charge in [0, 0.05) is 18.7 Å². The molecule has 2 rings (SSSR count). The van der Waals surface area contributed by atoms with E-state index in [9.17, 15) is 4.79 Å². The lowest BCUT2D eigenvalue weighted by Gasteiger charge is -2.28. The number of piperidine rings is 1. The standard InChI is InChI=1S/C11H15N3O/c1-9-10(7-15)12-8-13-11(9)14-5-3-2-4-6-14/h7-8H,2-6H2,1H3. The van der Waals surface area contributed by atoms with Crippen molar-refractivity contribution in [3.8, 4) is 0 Å². The molecule has 1 aliphatic heterocycles. The molecule has 0 saturated carbocycles. The number of aromatic nitrogens is 2. The van der Waals surface area contributed by atoms with E-state index in [1.165, 1.54) is 25.6 Å². The van der Waals surface area contributed by atoms with E-state index in [-0.39, 0.29) is 0 Å². The average Bonchev–Trinajstić information content (AvgIpc) is 2.30. The zero-order chi connectivity index (χ0) is 10.7. The van der Waals surface area contributed by atoms with E-state index in [0.717, 1.165) is 30.8 Å². The SMILES string of the molecule is Cc1c(C=O)ncnc1N1CCCCC1. The fraction of sp³-hybridized carbons (Fsp3) is 0.545. The Hall–Kier alpha value is -1.45. The normalized spacial score (nSPS) is 16.5. The largest absolute Gasteiger partial charge is 0.356 e. The lowest BCUT2D eigenvalue weighted by molar-refractivity contribution is 0.111. The summed E-state index contributed by atoms with van der Waals surface area (Å²) in [6.07, 6.45) is 5.98. The molecular formula is C11H15N3O. The van der Waals surface area contributed by atoms with Crippen LogP contribution in [0.25, 0.3) is 0 Å². The molecule has 0 bridgehead atoms. The quantitative estimate of drug-likeness (QED) is 0.688. The molecule has 0 spiro atoms. The minimum Gasteiger partial charge on any atom is -0.356 e. The number of aldehydes is 1. The van der Waals surface area contributed by atoms with Crippen LogP contribution >= 0.6 is 0 Å². The number of nitrogens with zero attached hydrogens (tertiary/aromatic N) is 3. The summed E-state index contributed by atoms with van der Waals surface area (Å²) < 4.78 is 0. The third-order valence-electron chi connectivity index (χ3n) is 2.86. The van der Waals surface area contributed by atoms with E-state index in [1.54, 1.807) is 0 Å². The zero-order valence-electron chi connectivity index (χ0n) is 8.94. The van der Waals surface area contributed by atoms with Gasteiger partial charge in [-0.1, -0.05) is 0 Å². The maximum absolute atomic E-state index is 10.8. The van der Waals surface area contributed by atoms with Gasteiger partial charge in [-0.25, -0.2) is 9.97 Å². The second-order valence-corrected chi connectivity index (χ2v) is 3.87. The Bertz CT molecular complexity index is 359. The highest BCUT2D eigenvalue weighted by molar-refractivity contribution is 5.76. The Morgan fingerprint density at radius 3 is 2.67 bits per heavy atom. The highest BCUT2D eigenvalue weighted by Gasteiger charge is 2.15. The molecule has 1 fully saturated rings. The van der Waals surface area contributed by atoms with Gasteiger partial charge in [0.15, 0.2) is 6.29 Å². The summed E-state index contributed by atoms with van der Waals surface area (Å²) in [7, 11) is 0. The molecule has 4 nitrogen and oxygen atoms in total. The molecule has 0 aromatic carbocycles. The number of rotatable bonds is 2. The average molecular weight is 205 g/mol. The van der Waals surface area contributed by atoms with Gasteiger partial charge in [0.25, 0.3) is 0 Å². The van der Waals surface area contributed by atoms with E-state index >= 15 is 0 Å². The van der Waals surface area contributed by atoms with Crippen LogP contribution in [-0.2, 0) is 0 Å². The topological polar surface area (TPSA) is 46.1 Å². The number of carbonyl (C=O) groups is 1. The minimum atomic E-state index is 0.505. The fourth-order valence-electron chi connectivity index (χ4n) is 2.00. The van der Waals surface area contributed by atoms with Gasteiger partial charge in [-0.3, -0.25) is 4.79 Å². The van der Waals surface area contributed by atoms with Crippen molar-refractivity contribution in [2.24, 2.45) is 0 Å². The number of hydrogen-bond acceptors (Lipinski definition) is 4. The lowest BCUT2D eigenvalue weighted by atomic mass is 10.1. The number of anilines is 1. The molecule has 0 N–H and O–H groups in total. The highest BCUT2D eigenvalue weighted by atomic mass is 16.1. The number of carbonyl (C=O) groups excluding carboxylic acids is 1. The first kappa shape index (κ1) is 10.1. The predicted molar refractivity (Wildman–Crippen MR) is 58.2 cm³/mol. The van der Waals surface area contributed by atoms with Gasteiger partial charge in [0.05, 0.1) is 0 Å². The van der Waals surface area contributed by atoms with Crippen molar-refractivity contribution in [1.29, 1.82) is 0 Å². The summed E-state index contributed by atoms with van der Waals surface area (Å²) in [6, 6.07) is 0. The molecule has 2 heterocycles. The highest BCUT2D eigenvalue weighted by Crippen LogP contribution is 2.21. The van der Waals surface area contributed by atoms with Crippen molar-refractivity contribution in [1.82, 2.24) is 9.97 Å². The van der Waals surface area contributed by atoms with Crippen LogP contribution < -0.4 is 4.90 Å². The first-order valence-corrected chi connectivity index (χ1v) is 5.34. The smallest absolute Gasteiger partial charge is 0.168 e. The van der Waals surface area contributed by atoms with Crippen molar-refractivity contribution in [3.05, 3.63) is 17.6 Å². The van der Waals surface area contributed by atoms with Crippen molar-refractivity contribution in [3.63, 3.8) is 0 Å². The molecule has 1 saturated heterocycles. The maximum Gasteiger partial charge on any atom is 0.168 e. The Balaban J connectivity index is 2.30. The van der Waals surface area contributed by atoms with Crippen LogP contribution in [0.3, 0.4) is 0 Å². The Kier molecular flexibility index (Phi) is 2.94. The predicted octanol–water partition coefficient (Wildman–Crippen LogP) is 1.59. The molecule has 0 radical (unpaired) electrons. The summed E-state index contributed by atoms with van der Waals surface area (Å²) in [6.45, 7) is 3.99. The van der Waals surface area contributed by atoms with Crippen LogP contribution in [0.2, 0.25) is 0 Å². The molecule has 0 amide bonds. The van der Waals surface area contributed by atoms with E-state index in [1.807, 2.05) is 6.92 Å². The molecule has 0 atom stereocenters. The minimum absolute atomic E-state index is 0.505. The Morgan fingerprint density at radius 2 is 2.00 bits per heavy atom. The van der Waals surface area contributed by atoms with E-state index < -0.39 is 0 Å². The molecule has 1 aliphatic rings. The third-order valence-corrected chi connectivity index (χ3v) is 2.86. The molecule has 15 heavy (non-hydrogen) atoms. The molecule has 0 aliphatic carbocycles. The van der Waals surface area contributed by atoms with E-state index in [4.69, 9.17) is 0 Å². The van der Waals surface area contributed by atoms with Gasteiger partial charge in [0.2, 0.25) is 0 Å². The van der Waals surface area contributed by atoms with Crippen molar-refractivity contribution < 1.29 is 4.79 Å². The van der Waals surface area contributed by atoms with Crippen LogP contribution in [0.1, 0.15) is 35.3 Å². The second-order valence-electron chi connectivity index (χ2n) is 3.87. The first-order chi connectivity index (χ1) is 7.33. The van der Waals surface area contributed by atoms with Crippen molar-refractivity contribution in [2.75, 3.05) is 18.0 Å².